The highest BCUT2D eigenvalue weighted by atomic mass is 32.2. The fourth-order valence-corrected chi connectivity index (χ4v) is 4.81. The minimum Gasteiger partial charge on any atom is -0.497 e. The third-order valence-electron chi connectivity index (χ3n) is 5.23. The molecule has 3 rings (SSSR count). The number of alkyl halides is 3. The molecular weight excluding hydrogens is 457 g/mol. The lowest BCUT2D eigenvalue weighted by Crippen LogP contribution is -2.29. The van der Waals surface area contributed by atoms with Crippen LogP contribution in [0.25, 0.3) is 0 Å². The molecule has 1 heterocycles. The number of carbonyl (C=O) groups excluding carboxylic acids is 1. The van der Waals surface area contributed by atoms with Crippen LogP contribution >= 0.6 is 11.8 Å². The Morgan fingerprint density at radius 1 is 1.24 bits per heavy atom. The van der Waals surface area contributed by atoms with Crippen LogP contribution in [0.5, 0.6) is 11.5 Å². The number of hydrogen-bond acceptors (Lipinski definition) is 6. The van der Waals surface area contributed by atoms with Crippen molar-refractivity contribution in [3.05, 3.63) is 47.5 Å². The number of thioether (sulfide) groups is 1. The van der Waals surface area contributed by atoms with Crippen LogP contribution in [0.1, 0.15) is 43.7 Å². The first kappa shape index (κ1) is 25.2. The second kappa shape index (κ2) is 10.2. The number of benzene rings is 2. The van der Waals surface area contributed by atoms with Crippen molar-refractivity contribution < 1.29 is 32.6 Å². The number of hydroxylamine groups is 2. The molecule has 1 N–H and O–H groups in total. The molecule has 0 radical (unpaired) electrons. The molecule has 0 spiro atoms. The molecule has 0 saturated carbocycles. The lowest BCUT2D eigenvalue weighted by Gasteiger charge is -2.26. The fourth-order valence-electron chi connectivity index (χ4n) is 3.46. The van der Waals surface area contributed by atoms with Gasteiger partial charge in [0.25, 0.3) is 0 Å². The largest absolute Gasteiger partial charge is 0.497 e. The van der Waals surface area contributed by atoms with Crippen LogP contribution in [-0.4, -0.2) is 42.5 Å². The number of anilines is 1. The Kier molecular flexibility index (Phi) is 7.81. The fraction of sp³-hybridized carbons (Fsp3) is 0.435. The van der Waals surface area contributed by atoms with Crippen LogP contribution < -0.4 is 14.4 Å². The summed E-state index contributed by atoms with van der Waals surface area (Å²) in [4.78, 5) is 14.5. The summed E-state index contributed by atoms with van der Waals surface area (Å²) in [5.41, 5.74) is 0.0209. The first-order valence-electron chi connectivity index (χ1n) is 10.5. The molecule has 0 fully saturated rings. The summed E-state index contributed by atoms with van der Waals surface area (Å²) < 4.78 is 51.1. The second-order valence-corrected chi connectivity index (χ2v) is 9.02. The van der Waals surface area contributed by atoms with E-state index < -0.39 is 17.1 Å². The van der Waals surface area contributed by atoms with Crippen LogP contribution in [-0.2, 0) is 11.0 Å². The standard InChI is InChI=1S/C23H27F3N2O4S/c1-14(2)27(30)10-5-11-32-20-8-7-17(31-4)13-18(20)22-28(15(3)29)19-12-16(23(24,25)26)6-9-21(19)33-22/h6-9,12-14,22,30H,5,10-11H2,1-4H3. The lowest BCUT2D eigenvalue weighted by atomic mass is 10.1. The van der Waals surface area contributed by atoms with E-state index in [-0.39, 0.29) is 17.6 Å². The minimum absolute atomic E-state index is 0.0133. The first-order chi connectivity index (χ1) is 15.5. The maximum Gasteiger partial charge on any atom is 0.416 e. The van der Waals surface area contributed by atoms with E-state index in [1.807, 2.05) is 13.8 Å². The lowest BCUT2D eigenvalue weighted by molar-refractivity contribution is -0.137. The molecule has 0 aliphatic carbocycles. The van der Waals surface area contributed by atoms with Gasteiger partial charge >= 0.3 is 6.18 Å². The molecule has 1 aliphatic rings. The molecular formula is C23H27F3N2O4S. The second-order valence-electron chi connectivity index (χ2n) is 7.90. The third-order valence-corrected chi connectivity index (χ3v) is 6.51. The number of ether oxygens (including phenoxy) is 2. The quantitative estimate of drug-likeness (QED) is 0.381. The molecule has 10 heteroatoms. The Morgan fingerprint density at radius 3 is 2.58 bits per heavy atom. The molecule has 1 aliphatic heterocycles. The summed E-state index contributed by atoms with van der Waals surface area (Å²) in [7, 11) is 1.51. The number of nitrogens with zero attached hydrogens (tertiary/aromatic N) is 2. The Labute approximate surface area is 195 Å². The van der Waals surface area contributed by atoms with Crippen LogP contribution in [0.15, 0.2) is 41.3 Å². The summed E-state index contributed by atoms with van der Waals surface area (Å²) in [5, 5.41) is 10.4. The normalized spacial score (nSPS) is 15.8. The molecule has 0 aromatic heterocycles. The molecule has 0 bridgehead atoms. The van der Waals surface area contributed by atoms with Gasteiger partial charge in [-0.25, -0.2) is 0 Å². The summed E-state index contributed by atoms with van der Waals surface area (Å²) >= 11 is 1.28. The van der Waals surface area contributed by atoms with E-state index in [2.05, 4.69) is 0 Å². The van der Waals surface area contributed by atoms with Gasteiger partial charge in [-0.05, 0) is 56.7 Å². The molecule has 0 saturated heterocycles. The Hall–Kier alpha value is -2.43. The highest BCUT2D eigenvalue weighted by Gasteiger charge is 2.39. The van der Waals surface area contributed by atoms with E-state index >= 15 is 0 Å². The van der Waals surface area contributed by atoms with Gasteiger partial charge in [-0.15, -0.1) is 0 Å². The van der Waals surface area contributed by atoms with E-state index in [9.17, 15) is 23.2 Å². The summed E-state index contributed by atoms with van der Waals surface area (Å²) in [5.74, 6) is 0.652. The molecule has 6 nitrogen and oxygen atoms in total. The van der Waals surface area contributed by atoms with Gasteiger partial charge in [0, 0.05) is 30.0 Å². The smallest absolute Gasteiger partial charge is 0.416 e. The van der Waals surface area contributed by atoms with Crippen LogP contribution in [0.4, 0.5) is 18.9 Å². The van der Waals surface area contributed by atoms with E-state index in [0.29, 0.717) is 41.5 Å². The van der Waals surface area contributed by atoms with Crippen molar-refractivity contribution in [1.82, 2.24) is 5.06 Å². The number of fused-ring (bicyclic) bond motifs is 1. The van der Waals surface area contributed by atoms with Gasteiger partial charge in [-0.1, -0.05) is 11.8 Å². The van der Waals surface area contributed by atoms with Crippen LogP contribution in [0.2, 0.25) is 0 Å². The number of rotatable bonds is 8. The molecule has 2 aromatic carbocycles. The Balaban J connectivity index is 1.91. The molecule has 1 amide bonds. The van der Waals surface area contributed by atoms with E-state index in [1.54, 1.807) is 18.2 Å². The number of carbonyl (C=O) groups is 1. The van der Waals surface area contributed by atoms with Crippen molar-refractivity contribution in [1.29, 1.82) is 0 Å². The SMILES string of the molecule is COc1ccc(OCCCN(O)C(C)C)c(C2Sc3ccc(C(F)(F)F)cc3N2C(C)=O)c1. The van der Waals surface area contributed by atoms with Gasteiger partial charge in [0.1, 0.15) is 16.9 Å². The molecule has 1 atom stereocenters. The van der Waals surface area contributed by atoms with Gasteiger partial charge in [0.05, 0.1) is 25.0 Å². The number of hydrogen-bond donors (Lipinski definition) is 1. The summed E-state index contributed by atoms with van der Waals surface area (Å²) in [6, 6.07) is 8.57. The molecule has 33 heavy (non-hydrogen) atoms. The maximum atomic E-state index is 13.3. The van der Waals surface area contributed by atoms with Gasteiger partial charge < -0.3 is 14.7 Å². The predicted molar refractivity (Wildman–Crippen MR) is 120 cm³/mol. The van der Waals surface area contributed by atoms with Crippen molar-refractivity contribution in [2.24, 2.45) is 0 Å². The topological polar surface area (TPSA) is 62.2 Å². The average Bonchev–Trinajstić information content (AvgIpc) is 3.14. The number of halogens is 3. The van der Waals surface area contributed by atoms with Gasteiger partial charge in [0.15, 0.2) is 0 Å². The van der Waals surface area contributed by atoms with Gasteiger partial charge in [0.2, 0.25) is 5.91 Å². The zero-order chi connectivity index (χ0) is 24.3. The van der Waals surface area contributed by atoms with Crippen LogP contribution in [0.3, 0.4) is 0 Å². The highest BCUT2D eigenvalue weighted by Crippen LogP contribution is 2.54. The van der Waals surface area contributed by atoms with E-state index in [0.717, 1.165) is 12.1 Å². The van der Waals surface area contributed by atoms with E-state index in [4.69, 9.17) is 9.47 Å². The Morgan fingerprint density at radius 2 is 1.97 bits per heavy atom. The van der Waals surface area contributed by atoms with Crippen molar-refractivity contribution in [2.45, 2.75) is 49.7 Å². The molecule has 180 valence electrons. The highest BCUT2D eigenvalue weighted by molar-refractivity contribution is 8.00. The summed E-state index contributed by atoms with van der Waals surface area (Å²) in [6.07, 6.45) is -3.95. The third kappa shape index (κ3) is 5.74. The van der Waals surface area contributed by atoms with Gasteiger partial charge in [-0.3, -0.25) is 9.69 Å². The van der Waals surface area contributed by atoms with Crippen molar-refractivity contribution in [3.63, 3.8) is 0 Å². The molecule has 2 aromatic rings. The molecule has 1 unspecified atom stereocenters. The van der Waals surface area contributed by atoms with Crippen LogP contribution in [0, 0.1) is 0 Å². The monoisotopic (exact) mass is 484 g/mol. The predicted octanol–water partition coefficient (Wildman–Crippen LogP) is 5.74. The minimum atomic E-state index is -4.51. The van der Waals surface area contributed by atoms with Crippen molar-refractivity contribution >= 4 is 23.4 Å². The van der Waals surface area contributed by atoms with Crippen molar-refractivity contribution in [2.75, 3.05) is 25.2 Å². The van der Waals surface area contributed by atoms with E-state index in [1.165, 1.54) is 41.8 Å². The van der Waals surface area contributed by atoms with Crippen molar-refractivity contribution in [3.8, 4) is 11.5 Å². The number of amides is 1. The number of methoxy groups -OCH3 is 1. The zero-order valence-electron chi connectivity index (χ0n) is 18.8. The Bertz CT molecular complexity index is 1000. The maximum absolute atomic E-state index is 13.3. The van der Waals surface area contributed by atoms with Gasteiger partial charge in [-0.2, -0.15) is 18.2 Å². The average molecular weight is 485 g/mol. The summed E-state index contributed by atoms with van der Waals surface area (Å²) in [6.45, 7) is 5.81. The first-order valence-corrected chi connectivity index (χ1v) is 11.3. The zero-order valence-corrected chi connectivity index (χ0v) is 19.7.